The van der Waals surface area contributed by atoms with Crippen molar-refractivity contribution in [1.29, 1.82) is 0 Å². The molecule has 4 unspecified atom stereocenters. The Labute approximate surface area is 258 Å². The molecular weight excluding hydrogens is 534 g/mol. The molecule has 9 rings (SSSR count). The van der Waals surface area contributed by atoms with Crippen molar-refractivity contribution in [2.75, 3.05) is 9.80 Å². The summed E-state index contributed by atoms with van der Waals surface area (Å²) in [7, 11) is 0. The predicted molar refractivity (Wildman–Crippen MR) is 182 cm³/mol. The maximum atomic E-state index is 4.98. The summed E-state index contributed by atoms with van der Waals surface area (Å²) >= 11 is 0. The van der Waals surface area contributed by atoms with E-state index in [4.69, 9.17) is 4.98 Å². The van der Waals surface area contributed by atoms with Crippen LogP contribution in [-0.4, -0.2) is 17.1 Å². The van der Waals surface area contributed by atoms with Crippen molar-refractivity contribution in [2.24, 2.45) is 0 Å². The Hall–Kier alpha value is -5.41. The molecule has 44 heavy (non-hydrogen) atoms. The number of hydrogen-bond donors (Lipinski definition) is 0. The van der Waals surface area contributed by atoms with Crippen LogP contribution < -0.4 is 9.80 Å². The number of para-hydroxylation sites is 2. The van der Waals surface area contributed by atoms with E-state index < -0.39 is 0 Å². The number of rotatable bonds is 3. The number of hydrogen-bond acceptors (Lipinski definition) is 3. The first-order valence-electron chi connectivity index (χ1n) is 15.5. The Balaban J connectivity index is 1.21. The van der Waals surface area contributed by atoms with Crippen molar-refractivity contribution in [3.05, 3.63) is 175 Å². The summed E-state index contributed by atoms with van der Waals surface area (Å²) in [6.45, 7) is 0. The van der Waals surface area contributed by atoms with E-state index in [0.717, 1.165) is 5.82 Å². The minimum absolute atomic E-state index is 0.0762. The van der Waals surface area contributed by atoms with Crippen LogP contribution in [0.1, 0.15) is 23.0 Å². The number of aromatic nitrogens is 1. The average molecular weight is 566 g/mol. The zero-order chi connectivity index (χ0) is 29.0. The van der Waals surface area contributed by atoms with Crippen molar-refractivity contribution in [3.8, 4) is 22.3 Å². The summed E-state index contributed by atoms with van der Waals surface area (Å²) in [4.78, 5) is 9.96. The summed E-state index contributed by atoms with van der Waals surface area (Å²) in [6.07, 6.45) is 20.1. The van der Waals surface area contributed by atoms with Crippen molar-refractivity contribution in [2.45, 2.75) is 23.9 Å². The second-order valence-electron chi connectivity index (χ2n) is 11.9. The predicted octanol–water partition coefficient (Wildman–Crippen LogP) is 9.88. The second-order valence-corrected chi connectivity index (χ2v) is 11.9. The number of anilines is 4. The van der Waals surface area contributed by atoms with Gasteiger partial charge in [0.2, 0.25) is 0 Å². The van der Waals surface area contributed by atoms with E-state index in [2.05, 4.69) is 168 Å². The zero-order valence-electron chi connectivity index (χ0n) is 24.2. The lowest BCUT2D eigenvalue weighted by molar-refractivity contribution is 0.690. The minimum Gasteiger partial charge on any atom is -0.333 e. The third-order valence-electron chi connectivity index (χ3n) is 9.59. The molecule has 210 valence electrons. The number of nitrogens with zero attached hydrogens (tertiary/aromatic N) is 3. The summed E-state index contributed by atoms with van der Waals surface area (Å²) in [5.74, 6) is 1.47. The average Bonchev–Trinajstić information content (AvgIpc) is 3.37. The molecule has 3 heterocycles. The summed E-state index contributed by atoms with van der Waals surface area (Å²) < 4.78 is 0. The van der Waals surface area contributed by atoms with E-state index in [0.29, 0.717) is 5.92 Å². The van der Waals surface area contributed by atoms with Crippen LogP contribution in [0.5, 0.6) is 0 Å². The van der Waals surface area contributed by atoms with E-state index in [9.17, 15) is 0 Å². The lowest BCUT2D eigenvalue weighted by Gasteiger charge is -2.35. The number of fused-ring (bicyclic) bond motifs is 8. The molecule has 2 aliphatic carbocycles. The molecule has 0 bridgehead atoms. The van der Waals surface area contributed by atoms with Gasteiger partial charge in [-0.2, -0.15) is 0 Å². The van der Waals surface area contributed by atoms with Gasteiger partial charge in [0.25, 0.3) is 0 Å². The topological polar surface area (TPSA) is 19.4 Å². The molecular formula is C41H31N3. The molecule has 4 aliphatic rings. The fraction of sp³-hybridized carbons (Fsp3) is 0.0976. The normalized spacial score (nSPS) is 22.1. The highest BCUT2D eigenvalue weighted by molar-refractivity contribution is 5.89. The SMILES string of the molecule is C1=CC2c3ccccc3N(c3ccc4c(c3)C3C=CC=CC3N(c3cc(-c5ccccc5)ccn3)c3ccccc3-4)C2C=C1. The van der Waals surface area contributed by atoms with E-state index in [-0.39, 0.29) is 18.0 Å². The molecule has 0 fully saturated rings. The molecule has 4 atom stereocenters. The highest BCUT2D eigenvalue weighted by atomic mass is 15.2. The number of pyridine rings is 1. The maximum absolute atomic E-state index is 4.98. The van der Waals surface area contributed by atoms with Gasteiger partial charge >= 0.3 is 0 Å². The van der Waals surface area contributed by atoms with Crippen molar-refractivity contribution in [1.82, 2.24) is 4.98 Å². The van der Waals surface area contributed by atoms with Crippen LogP contribution in [0.4, 0.5) is 22.9 Å². The highest BCUT2D eigenvalue weighted by Gasteiger charge is 2.39. The molecule has 3 heteroatoms. The Kier molecular flexibility index (Phi) is 5.77. The number of benzene rings is 4. The third kappa shape index (κ3) is 3.86. The van der Waals surface area contributed by atoms with Gasteiger partial charge < -0.3 is 9.80 Å². The van der Waals surface area contributed by atoms with Gasteiger partial charge in [0.15, 0.2) is 0 Å². The van der Waals surface area contributed by atoms with Crippen molar-refractivity contribution < 1.29 is 0 Å². The molecule has 3 nitrogen and oxygen atoms in total. The molecule has 4 aromatic carbocycles. The van der Waals surface area contributed by atoms with Gasteiger partial charge in [-0.25, -0.2) is 4.98 Å². The molecule has 0 N–H and O–H groups in total. The third-order valence-corrected chi connectivity index (χ3v) is 9.59. The molecule has 0 spiro atoms. The van der Waals surface area contributed by atoms with Crippen LogP contribution in [0.25, 0.3) is 22.3 Å². The van der Waals surface area contributed by atoms with Gasteiger partial charge in [-0.3, -0.25) is 0 Å². The molecule has 0 radical (unpaired) electrons. The standard InChI is InChI=1S/C41H31N3/c1-2-12-28(13-3-1)29-24-25-42-41(26-29)44-39-20-10-4-14-32(39)31-23-22-30(27-36(31)35-17-7-11-21-40(35)44)43-37-18-8-5-15-33(37)34-16-6-9-19-38(34)43/h1-27,33,35,37,40H. The molecule has 0 saturated carbocycles. The first kappa shape index (κ1) is 25.1. The maximum Gasteiger partial charge on any atom is 0.134 e. The Morgan fingerprint density at radius 3 is 2.00 bits per heavy atom. The molecule has 2 aliphatic heterocycles. The summed E-state index contributed by atoms with van der Waals surface area (Å²) in [6, 6.07) is 40.1. The fourth-order valence-corrected chi connectivity index (χ4v) is 7.65. The van der Waals surface area contributed by atoms with Crippen LogP contribution in [0.3, 0.4) is 0 Å². The lowest BCUT2D eigenvalue weighted by atomic mass is 9.84. The van der Waals surface area contributed by atoms with Crippen molar-refractivity contribution in [3.63, 3.8) is 0 Å². The molecule has 5 aromatic rings. The lowest BCUT2D eigenvalue weighted by Crippen LogP contribution is -2.35. The van der Waals surface area contributed by atoms with E-state index >= 15 is 0 Å². The quantitative estimate of drug-likeness (QED) is 0.217. The fourth-order valence-electron chi connectivity index (χ4n) is 7.65. The molecule has 0 saturated heterocycles. The van der Waals surface area contributed by atoms with Crippen LogP contribution in [0.2, 0.25) is 0 Å². The largest absolute Gasteiger partial charge is 0.333 e. The van der Waals surface area contributed by atoms with Gasteiger partial charge in [-0.15, -0.1) is 0 Å². The Morgan fingerprint density at radius 2 is 1.16 bits per heavy atom. The highest BCUT2D eigenvalue weighted by Crippen LogP contribution is 2.52. The van der Waals surface area contributed by atoms with Crippen LogP contribution in [-0.2, 0) is 0 Å². The van der Waals surface area contributed by atoms with Gasteiger partial charge in [0.1, 0.15) is 5.82 Å². The van der Waals surface area contributed by atoms with Crippen LogP contribution in [0, 0.1) is 0 Å². The summed E-state index contributed by atoms with van der Waals surface area (Å²) in [5, 5.41) is 0. The Morgan fingerprint density at radius 1 is 0.477 bits per heavy atom. The van der Waals surface area contributed by atoms with Crippen LogP contribution >= 0.6 is 0 Å². The minimum atomic E-state index is 0.0762. The van der Waals surface area contributed by atoms with Gasteiger partial charge in [-0.1, -0.05) is 121 Å². The first-order chi connectivity index (χ1) is 21.8. The number of allylic oxidation sites excluding steroid dienone is 4. The molecule has 0 amide bonds. The van der Waals surface area contributed by atoms with E-state index in [1.807, 2.05) is 6.20 Å². The smallest absolute Gasteiger partial charge is 0.134 e. The molecule has 1 aromatic heterocycles. The van der Waals surface area contributed by atoms with E-state index in [1.54, 1.807) is 0 Å². The van der Waals surface area contributed by atoms with Gasteiger partial charge in [0, 0.05) is 35.0 Å². The first-order valence-corrected chi connectivity index (χ1v) is 15.5. The Bertz CT molecular complexity index is 2020. The summed E-state index contributed by atoms with van der Waals surface area (Å²) in [5.41, 5.74) is 11.3. The van der Waals surface area contributed by atoms with Gasteiger partial charge in [-0.05, 0) is 64.2 Å². The van der Waals surface area contributed by atoms with Crippen LogP contribution in [0.15, 0.2) is 164 Å². The van der Waals surface area contributed by atoms with E-state index in [1.165, 1.54) is 50.4 Å². The monoisotopic (exact) mass is 565 g/mol. The second kappa shape index (κ2) is 10.1. The van der Waals surface area contributed by atoms with Gasteiger partial charge in [0.05, 0.1) is 17.8 Å². The zero-order valence-corrected chi connectivity index (χ0v) is 24.2. The van der Waals surface area contributed by atoms with Crippen molar-refractivity contribution >= 4 is 22.9 Å².